The maximum atomic E-state index is 8.85. The van der Waals surface area contributed by atoms with Crippen LogP contribution in [0.3, 0.4) is 0 Å². The molecule has 382 valence electrons. The van der Waals surface area contributed by atoms with Crippen molar-refractivity contribution in [3.8, 4) is 62.1 Å². The van der Waals surface area contributed by atoms with Crippen LogP contribution in [0, 0.1) is 29.7 Å². The fourth-order valence-corrected chi connectivity index (χ4v) is 13.0. The fourth-order valence-electron chi connectivity index (χ4n) is 12.0. The van der Waals surface area contributed by atoms with Crippen LogP contribution in [0.5, 0.6) is 11.5 Å². The molecule has 0 spiro atoms. The molecule has 0 radical (unpaired) electrons. The van der Waals surface area contributed by atoms with E-state index < -0.39 is 6.85 Å². The SMILES string of the molecule is [2H]C([2H])([2H])c1cc(-n2c3[c-]c(Oc4[c-]c(-n5[c](=[Pt])n(-c6c(-c7ccccc7)cc(C(C)(C)C)cc6-c6ccccc6)c6ccccc65)ccc4C)ccc3c3cc4c5cccc6c7ccccc7n(c4cc32)c65)ncc1-c1ccccc1. The average Bonchev–Trinajstić information content (AvgIpc) is 3.60. The molecule has 0 saturated heterocycles. The van der Waals surface area contributed by atoms with E-state index in [9.17, 15) is 0 Å². The summed E-state index contributed by atoms with van der Waals surface area (Å²) in [5.74, 6) is 1.49. The fraction of sp³-hybridized carbons (Fsp3) is 0.0833. The number of pyridine rings is 1. The normalized spacial score (nSPS) is 12.9. The molecule has 5 aromatic heterocycles. The molecule has 0 saturated carbocycles. The Morgan fingerprint density at radius 2 is 1.09 bits per heavy atom. The molecule has 0 atom stereocenters. The molecule has 6 nitrogen and oxygen atoms in total. The first-order valence-corrected chi connectivity index (χ1v) is 27.7. The zero-order valence-electron chi connectivity index (χ0n) is 46.7. The van der Waals surface area contributed by atoms with Gasteiger partial charge in [-0.2, -0.15) is 0 Å². The molecule has 0 bridgehead atoms. The van der Waals surface area contributed by atoms with E-state index in [1.807, 2.05) is 43.3 Å². The Morgan fingerprint density at radius 1 is 0.494 bits per heavy atom. The third-order valence-corrected chi connectivity index (χ3v) is 16.8. The van der Waals surface area contributed by atoms with Crippen molar-refractivity contribution in [1.82, 2.24) is 23.1 Å². The summed E-state index contributed by atoms with van der Waals surface area (Å²) in [5.41, 5.74) is 17.0. The Morgan fingerprint density at radius 3 is 1.76 bits per heavy atom. The number of benzene rings is 10. The van der Waals surface area contributed by atoms with Gasteiger partial charge in [0.2, 0.25) is 0 Å². The number of aryl methyl sites for hydroxylation is 2. The molecule has 79 heavy (non-hydrogen) atoms. The molecule has 0 amide bonds. The van der Waals surface area contributed by atoms with Crippen LogP contribution in [0.15, 0.2) is 219 Å². The Labute approximate surface area is 472 Å². The molecule has 10 aromatic carbocycles. The van der Waals surface area contributed by atoms with E-state index in [1.165, 1.54) is 27.2 Å². The van der Waals surface area contributed by atoms with Crippen LogP contribution < -0.4 is 4.74 Å². The summed E-state index contributed by atoms with van der Waals surface area (Å²) in [7, 11) is 0. The molecule has 7 heteroatoms. The molecule has 0 fully saturated rings. The topological polar surface area (TPSA) is 41.3 Å². The van der Waals surface area contributed by atoms with Crippen molar-refractivity contribution in [1.29, 1.82) is 0 Å². The maximum absolute atomic E-state index is 8.85. The van der Waals surface area contributed by atoms with Crippen molar-refractivity contribution in [3.05, 3.63) is 251 Å². The summed E-state index contributed by atoms with van der Waals surface area (Å²) in [6, 6.07) is 81.4. The van der Waals surface area contributed by atoms with Gasteiger partial charge >= 0.3 is 326 Å². The Hall–Kier alpha value is -9.09. The number of fused-ring (bicyclic) bond motifs is 10. The predicted octanol–water partition coefficient (Wildman–Crippen LogP) is 18.5. The number of aromatic nitrogens is 5. The number of hydrogen-bond acceptors (Lipinski definition) is 2. The van der Waals surface area contributed by atoms with Crippen LogP contribution in [-0.4, -0.2) is 23.1 Å². The summed E-state index contributed by atoms with van der Waals surface area (Å²) in [5, 5.41) is 6.59. The van der Waals surface area contributed by atoms with Crippen molar-refractivity contribution in [3.63, 3.8) is 0 Å². The second-order valence-electron chi connectivity index (χ2n) is 21.6. The monoisotopic (exact) mass is 1200 g/mol. The second kappa shape index (κ2) is 18.0. The molecule has 15 rings (SSSR count). The van der Waals surface area contributed by atoms with Gasteiger partial charge in [0.05, 0.1) is 16.6 Å². The van der Waals surface area contributed by atoms with E-state index >= 15 is 0 Å². The van der Waals surface area contributed by atoms with Crippen molar-refractivity contribution in [2.45, 2.75) is 40.0 Å². The van der Waals surface area contributed by atoms with E-state index in [0.717, 1.165) is 92.3 Å². The van der Waals surface area contributed by atoms with Crippen molar-refractivity contribution in [2.24, 2.45) is 0 Å². The van der Waals surface area contributed by atoms with Gasteiger partial charge in [-0.05, 0) is 24.0 Å². The van der Waals surface area contributed by atoms with Crippen LogP contribution in [0.2, 0.25) is 0 Å². The number of rotatable bonds is 8. The minimum absolute atomic E-state index is 0.115. The van der Waals surface area contributed by atoms with Gasteiger partial charge in [-0.15, -0.1) is 0 Å². The summed E-state index contributed by atoms with van der Waals surface area (Å²) >= 11 is 2.49. The number of nitrogens with zero attached hydrogens (tertiary/aromatic N) is 5. The van der Waals surface area contributed by atoms with Gasteiger partial charge in [-0.25, -0.2) is 0 Å². The van der Waals surface area contributed by atoms with E-state index in [-0.39, 0.29) is 11.0 Å². The minimum atomic E-state index is -2.44. The number of hydrogen-bond donors (Lipinski definition) is 0. The Kier molecular flexibility index (Phi) is 10.0. The molecule has 0 aliphatic carbocycles. The first kappa shape index (κ1) is 43.9. The molecule has 5 heterocycles. The molecule has 0 unspecified atom stereocenters. The quantitative estimate of drug-likeness (QED) is 0.142. The molecular formula is C72H51N5OPt-2. The van der Waals surface area contributed by atoms with Gasteiger partial charge in [-0.1, -0.05) is 66.7 Å². The van der Waals surface area contributed by atoms with Crippen molar-refractivity contribution >= 4 is 70.9 Å². The van der Waals surface area contributed by atoms with Crippen LogP contribution in [-0.2, 0) is 24.8 Å². The molecule has 0 aliphatic heterocycles. The zero-order valence-corrected chi connectivity index (χ0v) is 46.0. The second-order valence-corrected chi connectivity index (χ2v) is 22.6. The minimum Gasteiger partial charge on any atom is -0.0622 e. The summed E-state index contributed by atoms with van der Waals surface area (Å²) in [6.07, 6.45) is 1.70. The van der Waals surface area contributed by atoms with Crippen molar-refractivity contribution < 1.29 is 28.2 Å². The van der Waals surface area contributed by atoms with Crippen LogP contribution in [0.4, 0.5) is 0 Å². The first-order valence-electron chi connectivity index (χ1n) is 28.1. The number of imidazole rings is 1. The summed E-state index contributed by atoms with van der Waals surface area (Å²) in [4.78, 5) is 5.11. The molecule has 15 aromatic rings. The van der Waals surface area contributed by atoms with Crippen LogP contribution in [0.1, 0.15) is 41.6 Å². The Bertz CT molecular complexity index is 5060. The average molecular weight is 1200 g/mol. The summed E-state index contributed by atoms with van der Waals surface area (Å²) in [6.45, 7) is 6.43. The van der Waals surface area contributed by atoms with Gasteiger partial charge in [0.15, 0.2) is 0 Å². The van der Waals surface area contributed by atoms with E-state index in [1.54, 1.807) is 12.3 Å². The number of ether oxygens (including phenoxy) is 1. The third kappa shape index (κ3) is 7.42. The zero-order chi connectivity index (χ0) is 55.8. The Balaban J connectivity index is 0.922. The molecule has 0 N–H and O–H groups in total. The first-order chi connectivity index (χ1) is 39.8. The van der Waals surface area contributed by atoms with Gasteiger partial charge in [0.25, 0.3) is 0 Å². The van der Waals surface area contributed by atoms with Gasteiger partial charge in [-0.3, -0.25) is 0 Å². The van der Waals surface area contributed by atoms with E-state index in [2.05, 4.69) is 240 Å². The van der Waals surface area contributed by atoms with E-state index in [4.69, 9.17) is 13.8 Å². The van der Waals surface area contributed by atoms with Gasteiger partial charge in [0, 0.05) is 37.4 Å². The number of para-hydroxylation sites is 4. The van der Waals surface area contributed by atoms with Crippen LogP contribution >= 0.6 is 0 Å². The third-order valence-electron chi connectivity index (χ3n) is 15.8. The van der Waals surface area contributed by atoms with Crippen LogP contribution in [0.25, 0.3) is 122 Å². The standard InChI is InChI=1S/C72H51N5O.Pt/c1-45-32-33-51(74-44-75(64-31-18-17-30-63(64)74)70-57(47-20-9-6-10-21-47)37-50(72(3,4)5)38-58(70)48-22-11-7-12-23-48)39-68(45)78-52-34-35-54-59-41-60-56-28-19-27-55-53-26-15-16-29-62(53)77(71(55)56)67(60)42-66(59)76(65(54)40-52)69-36-46(2)61(43-73-69)49-24-13-8-14-25-49;/h6-38,41-43H,1-5H3;/q-2;/i2D3;. The molecular weight excluding hydrogens is 1150 g/mol. The summed E-state index contributed by atoms with van der Waals surface area (Å²) < 4.78 is 43.6. The van der Waals surface area contributed by atoms with E-state index in [0.29, 0.717) is 28.4 Å². The van der Waals surface area contributed by atoms with Crippen molar-refractivity contribution in [2.75, 3.05) is 0 Å². The van der Waals surface area contributed by atoms with Gasteiger partial charge < -0.3 is 4.40 Å². The smallest absolute Gasteiger partial charge is 0.0622 e. The van der Waals surface area contributed by atoms with Gasteiger partial charge in [0.1, 0.15) is 0 Å². The molecule has 0 aliphatic rings. The predicted molar refractivity (Wildman–Crippen MR) is 321 cm³/mol.